The zero-order valence-electron chi connectivity index (χ0n) is 16.5. The van der Waals surface area contributed by atoms with Gasteiger partial charge in [0.2, 0.25) is 5.91 Å². The fraction of sp³-hybridized carbons (Fsp3) is 0.286. The first-order chi connectivity index (χ1) is 14.1. The van der Waals surface area contributed by atoms with E-state index in [4.69, 9.17) is 4.74 Å². The maximum absolute atomic E-state index is 13.0. The molecular weight excluding hydrogens is 401 g/mol. The van der Waals surface area contributed by atoms with E-state index >= 15 is 0 Å². The third-order valence-electron chi connectivity index (χ3n) is 4.00. The van der Waals surface area contributed by atoms with Gasteiger partial charge in [-0.2, -0.15) is 13.2 Å². The molecule has 6 nitrogen and oxygen atoms in total. The Morgan fingerprint density at radius 2 is 1.73 bits per heavy atom. The number of rotatable bonds is 7. The molecule has 2 aromatic carbocycles. The van der Waals surface area contributed by atoms with Crippen molar-refractivity contribution >= 4 is 23.5 Å². The Kier molecular flexibility index (Phi) is 7.57. The van der Waals surface area contributed by atoms with E-state index in [1.165, 1.54) is 36.1 Å². The Morgan fingerprint density at radius 3 is 2.30 bits per heavy atom. The Labute approximate surface area is 171 Å². The van der Waals surface area contributed by atoms with Crippen molar-refractivity contribution in [2.45, 2.75) is 26.6 Å². The van der Waals surface area contributed by atoms with Gasteiger partial charge < -0.3 is 15.0 Å². The number of nitrogens with zero attached hydrogens (tertiary/aromatic N) is 1. The van der Waals surface area contributed by atoms with Crippen LogP contribution in [-0.2, 0) is 27.0 Å². The Morgan fingerprint density at radius 1 is 1.07 bits per heavy atom. The van der Waals surface area contributed by atoms with E-state index in [1.54, 1.807) is 19.1 Å². The van der Waals surface area contributed by atoms with Crippen LogP contribution in [0.4, 0.5) is 18.9 Å². The quantitative estimate of drug-likeness (QED) is 0.688. The van der Waals surface area contributed by atoms with Crippen LogP contribution in [0.15, 0.2) is 48.5 Å². The van der Waals surface area contributed by atoms with Crippen molar-refractivity contribution in [2.24, 2.45) is 0 Å². The Bertz CT molecular complexity index is 911. The SMILES string of the molecule is CCOC(=O)CN(Cc1ccc(C(F)(F)F)cc1)C(=O)c1cccc(NC(C)=O)c1. The number of alkyl halides is 3. The van der Waals surface area contributed by atoms with Crippen LogP contribution >= 0.6 is 0 Å². The van der Waals surface area contributed by atoms with Crippen LogP contribution in [0.2, 0.25) is 0 Å². The summed E-state index contributed by atoms with van der Waals surface area (Å²) < 4.78 is 43.2. The summed E-state index contributed by atoms with van der Waals surface area (Å²) >= 11 is 0. The van der Waals surface area contributed by atoms with Crippen LogP contribution in [-0.4, -0.2) is 35.8 Å². The molecule has 0 saturated heterocycles. The molecule has 0 aliphatic rings. The zero-order chi connectivity index (χ0) is 22.3. The number of amides is 2. The number of carbonyl (C=O) groups is 3. The molecule has 0 saturated carbocycles. The highest BCUT2D eigenvalue weighted by atomic mass is 19.4. The number of nitrogens with one attached hydrogen (secondary N) is 1. The molecule has 1 N–H and O–H groups in total. The summed E-state index contributed by atoms with van der Waals surface area (Å²) in [7, 11) is 0. The maximum atomic E-state index is 13.0. The van der Waals surface area contributed by atoms with Gasteiger partial charge in [0.15, 0.2) is 0 Å². The van der Waals surface area contributed by atoms with Gasteiger partial charge >= 0.3 is 12.1 Å². The fourth-order valence-electron chi connectivity index (χ4n) is 2.70. The summed E-state index contributed by atoms with van der Waals surface area (Å²) in [5.41, 5.74) is 0.215. The first-order valence-electron chi connectivity index (χ1n) is 9.09. The minimum Gasteiger partial charge on any atom is -0.465 e. The lowest BCUT2D eigenvalue weighted by atomic mass is 10.1. The number of hydrogen-bond acceptors (Lipinski definition) is 4. The molecule has 160 valence electrons. The average Bonchev–Trinajstić information content (AvgIpc) is 2.66. The van der Waals surface area contributed by atoms with Crippen LogP contribution in [0, 0.1) is 0 Å². The molecule has 0 bridgehead atoms. The van der Waals surface area contributed by atoms with Crippen molar-refractivity contribution in [2.75, 3.05) is 18.5 Å². The minimum atomic E-state index is -4.47. The zero-order valence-corrected chi connectivity index (χ0v) is 16.5. The molecule has 0 aromatic heterocycles. The highest BCUT2D eigenvalue weighted by molar-refractivity contribution is 5.98. The minimum absolute atomic E-state index is 0.0971. The number of ether oxygens (including phenoxy) is 1. The molecule has 0 radical (unpaired) electrons. The second kappa shape index (κ2) is 9.91. The Balaban J connectivity index is 2.27. The molecule has 0 unspecified atom stereocenters. The lowest BCUT2D eigenvalue weighted by Gasteiger charge is -2.22. The van der Waals surface area contributed by atoms with Gasteiger partial charge in [0, 0.05) is 24.7 Å². The number of benzene rings is 2. The van der Waals surface area contributed by atoms with E-state index in [1.807, 2.05) is 0 Å². The lowest BCUT2D eigenvalue weighted by molar-refractivity contribution is -0.144. The Hall–Kier alpha value is -3.36. The van der Waals surface area contributed by atoms with Crippen LogP contribution in [0.3, 0.4) is 0 Å². The van der Waals surface area contributed by atoms with Crippen molar-refractivity contribution in [3.8, 4) is 0 Å². The summed E-state index contributed by atoms with van der Waals surface area (Å²) in [6.07, 6.45) is -4.47. The van der Waals surface area contributed by atoms with Crippen LogP contribution in [0.25, 0.3) is 0 Å². The summed E-state index contributed by atoms with van der Waals surface area (Å²) in [6.45, 7) is 2.60. The van der Waals surface area contributed by atoms with Crippen molar-refractivity contribution in [3.05, 3.63) is 65.2 Å². The number of esters is 1. The highest BCUT2D eigenvalue weighted by Crippen LogP contribution is 2.29. The molecule has 30 heavy (non-hydrogen) atoms. The van der Waals surface area contributed by atoms with Crippen LogP contribution in [0.1, 0.15) is 35.3 Å². The molecule has 2 amide bonds. The predicted molar refractivity (Wildman–Crippen MR) is 104 cm³/mol. The monoisotopic (exact) mass is 422 g/mol. The molecule has 0 atom stereocenters. The van der Waals surface area contributed by atoms with Crippen molar-refractivity contribution in [1.29, 1.82) is 0 Å². The number of carbonyl (C=O) groups excluding carboxylic acids is 3. The van der Waals surface area contributed by atoms with Gasteiger partial charge in [0.25, 0.3) is 5.91 Å². The molecule has 2 aromatic rings. The van der Waals surface area contributed by atoms with E-state index in [0.29, 0.717) is 11.3 Å². The van der Waals surface area contributed by atoms with E-state index in [-0.39, 0.29) is 31.2 Å². The molecular formula is C21H21F3N2O4. The first kappa shape index (κ1) is 22.9. The predicted octanol–water partition coefficient (Wildman–Crippen LogP) is 3.87. The van der Waals surface area contributed by atoms with Gasteiger partial charge in [-0.05, 0) is 42.8 Å². The van der Waals surface area contributed by atoms with Gasteiger partial charge in [-0.1, -0.05) is 18.2 Å². The molecule has 0 spiro atoms. The topological polar surface area (TPSA) is 75.7 Å². The van der Waals surface area contributed by atoms with Gasteiger partial charge in [0.05, 0.1) is 12.2 Å². The smallest absolute Gasteiger partial charge is 0.416 e. The van der Waals surface area contributed by atoms with E-state index in [0.717, 1.165) is 12.1 Å². The molecule has 0 heterocycles. The van der Waals surface area contributed by atoms with Gasteiger partial charge in [0.1, 0.15) is 6.54 Å². The average molecular weight is 422 g/mol. The van der Waals surface area contributed by atoms with Crippen LogP contribution in [0.5, 0.6) is 0 Å². The summed E-state index contributed by atoms with van der Waals surface area (Å²) in [5, 5.41) is 2.56. The molecule has 0 aliphatic heterocycles. The maximum Gasteiger partial charge on any atom is 0.416 e. The summed E-state index contributed by atoms with van der Waals surface area (Å²) in [4.78, 5) is 37.3. The second-order valence-corrected chi connectivity index (χ2v) is 6.42. The second-order valence-electron chi connectivity index (χ2n) is 6.42. The third kappa shape index (κ3) is 6.61. The summed E-state index contributed by atoms with van der Waals surface area (Å²) in [5.74, 6) is -1.49. The van der Waals surface area contributed by atoms with Crippen molar-refractivity contribution in [3.63, 3.8) is 0 Å². The van der Waals surface area contributed by atoms with Crippen molar-refractivity contribution < 1.29 is 32.3 Å². The molecule has 9 heteroatoms. The van der Waals surface area contributed by atoms with Gasteiger partial charge in [-0.25, -0.2) is 0 Å². The largest absolute Gasteiger partial charge is 0.465 e. The molecule has 2 rings (SSSR count). The highest BCUT2D eigenvalue weighted by Gasteiger charge is 2.30. The number of hydrogen-bond donors (Lipinski definition) is 1. The van der Waals surface area contributed by atoms with E-state index in [2.05, 4.69) is 5.32 Å². The molecule has 0 fully saturated rings. The summed E-state index contributed by atoms with van der Waals surface area (Å²) in [6, 6.07) is 10.5. The number of anilines is 1. The van der Waals surface area contributed by atoms with Crippen molar-refractivity contribution in [1.82, 2.24) is 4.90 Å². The lowest BCUT2D eigenvalue weighted by Crippen LogP contribution is -2.36. The van der Waals surface area contributed by atoms with E-state index in [9.17, 15) is 27.6 Å². The first-order valence-corrected chi connectivity index (χ1v) is 9.09. The standard InChI is InChI=1S/C21H21F3N2O4/c1-3-30-19(28)13-26(12-15-7-9-17(10-8-15)21(22,23)24)20(29)16-5-4-6-18(11-16)25-14(2)27/h4-11H,3,12-13H2,1-2H3,(H,25,27). The third-order valence-corrected chi connectivity index (χ3v) is 4.00. The van der Waals surface area contributed by atoms with Crippen LogP contribution < -0.4 is 5.32 Å². The number of halogens is 3. The molecule has 0 aliphatic carbocycles. The van der Waals surface area contributed by atoms with E-state index < -0.39 is 23.6 Å². The van der Waals surface area contributed by atoms with Gasteiger partial charge in [-0.3, -0.25) is 14.4 Å². The normalized spacial score (nSPS) is 11.0. The fourth-order valence-corrected chi connectivity index (χ4v) is 2.70. The van der Waals surface area contributed by atoms with Gasteiger partial charge in [-0.15, -0.1) is 0 Å².